The first-order valence-electron chi connectivity index (χ1n) is 6.70. The van der Waals surface area contributed by atoms with Crippen molar-refractivity contribution in [3.8, 4) is 0 Å². The maximum atomic E-state index is 6.25. The largest absolute Gasteiger partial charge is 0.327 e. The van der Waals surface area contributed by atoms with Crippen molar-refractivity contribution >= 4 is 11.8 Å². The summed E-state index contributed by atoms with van der Waals surface area (Å²) in [5.74, 6) is 0.962. The molecule has 0 bridgehead atoms. The standard InChI is InChI=1S/C13H25NS/c1-2-10-7-8-12(14)13(9-10)15-11-5-3-4-6-11/h10-13H,2-9,14H2,1H3. The summed E-state index contributed by atoms with van der Waals surface area (Å²) < 4.78 is 0. The highest BCUT2D eigenvalue weighted by atomic mass is 32.2. The minimum Gasteiger partial charge on any atom is -0.327 e. The molecule has 0 saturated heterocycles. The molecule has 1 nitrogen and oxygen atoms in total. The molecule has 0 spiro atoms. The number of rotatable bonds is 3. The Kier molecular flexibility index (Phi) is 4.39. The summed E-state index contributed by atoms with van der Waals surface area (Å²) in [7, 11) is 0. The van der Waals surface area contributed by atoms with Crippen LogP contribution in [0.4, 0.5) is 0 Å². The second-order valence-electron chi connectivity index (χ2n) is 5.33. The normalized spacial score (nSPS) is 38.4. The van der Waals surface area contributed by atoms with E-state index in [-0.39, 0.29) is 0 Å². The molecule has 0 radical (unpaired) electrons. The van der Waals surface area contributed by atoms with Gasteiger partial charge in [0, 0.05) is 16.5 Å². The van der Waals surface area contributed by atoms with Gasteiger partial charge in [-0.25, -0.2) is 0 Å². The Morgan fingerprint density at radius 3 is 2.53 bits per heavy atom. The molecule has 0 aromatic heterocycles. The van der Waals surface area contributed by atoms with Gasteiger partial charge in [0.15, 0.2) is 0 Å². The number of thioether (sulfide) groups is 1. The van der Waals surface area contributed by atoms with Crippen LogP contribution >= 0.6 is 11.8 Å². The molecule has 15 heavy (non-hydrogen) atoms. The second-order valence-corrected chi connectivity index (χ2v) is 6.88. The SMILES string of the molecule is CCC1CCC(N)C(SC2CCCC2)C1. The van der Waals surface area contributed by atoms with Gasteiger partial charge >= 0.3 is 0 Å². The molecule has 2 heteroatoms. The van der Waals surface area contributed by atoms with Crippen LogP contribution in [0.3, 0.4) is 0 Å². The van der Waals surface area contributed by atoms with Crippen LogP contribution in [0.15, 0.2) is 0 Å². The van der Waals surface area contributed by atoms with Crippen LogP contribution in [0.1, 0.15) is 58.3 Å². The first-order chi connectivity index (χ1) is 7.29. The Hall–Kier alpha value is 0.310. The minimum atomic E-state index is 0.485. The molecule has 2 aliphatic rings. The van der Waals surface area contributed by atoms with Gasteiger partial charge < -0.3 is 5.73 Å². The van der Waals surface area contributed by atoms with Crippen molar-refractivity contribution in [3.05, 3.63) is 0 Å². The summed E-state index contributed by atoms with van der Waals surface area (Å²) in [5.41, 5.74) is 6.25. The summed E-state index contributed by atoms with van der Waals surface area (Å²) in [6.45, 7) is 2.33. The minimum absolute atomic E-state index is 0.485. The molecule has 2 rings (SSSR count). The third-order valence-corrected chi connectivity index (χ3v) is 5.95. The summed E-state index contributed by atoms with van der Waals surface area (Å²) in [6.07, 6.45) is 11.2. The average Bonchev–Trinajstić information content (AvgIpc) is 2.74. The molecular weight excluding hydrogens is 202 g/mol. The zero-order chi connectivity index (χ0) is 10.7. The van der Waals surface area contributed by atoms with Crippen LogP contribution in [0.5, 0.6) is 0 Å². The highest BCUT2D eigenvalue weighted by Gasteiger charge is 2.30. The van der Waals surface area contributed by atoms with E-state index in [1.165, 1.54) is 51.4 Å². The van der Waals surface area contributed by atoms with Crippen LogP contribution in [0.2, 0.25) is 0 Å². The van der Waals surface area contributed by atoms with Gasteiger partial charge in [-0.1, -0.05) is 26.2 Å². The summed E-state index contributed by atoms with van der Waals surface area (Å²) in [6, 6.07) is 0.485. The lowest BCUT2D eigenvalue weighted by Crippen LogP contribution is -2.39. The van der Waals surface area contributed by atoms with E-state index in [1.807, 2.05) is 0 Å². The zero-order valence-corrected chi connectivity index (χ0v) is 10.8. The van der Waals surface area contributed by atoms with Crippen molar-refractivity contribution in [1.29, 1.82) is 0 Å². The zero-order valence-electron chi connectivity index (χ0n) is 9.95. The first kappa shape index (κ1) is 11.8. The Morgan fingerprint density at radius 2 is 1.87 bits per heavy atom. The highest BCUT2D eigenvalue weighted by molar-refractivity contribution is 8.00. The van der Waals surface area contributed by atoms with Crippen molar-refractivity contribution in [2.45, 2.75) is 74.8 Å². The predicted molar refractivity (Wildman–Crippen MR) is 69.2 cm³/mol. The molecule has 0 heterocycles. The van der Waals surface area contributed by atoms with E-state index in [0.717, 1.165) is 16.4 Å². The van der Waals surface area contributed by atoms with Crippen molar-refractivity contribution in [2.75, 3.05) is 0 Å². The molecule has 0 aliphatic heterocycles. The van der Waals surface area contributed by atoms with Gasteiger partial charge in [0.1, 0.15) is 0 Å². The van der Waals surface area contributed by atoms with Crippen LogP contribution in [0, 0.1) is 5.92 Å². The molecule has 0 amide bonds. The summed E-state index contributed by atoms with van der Waals surface area (Å²) >= 11 is 2.23. The number of hydrogen-bond donors (Lipinski definition) is 1. The van der Waals surface area contributed by atoms with Crippen LogP contribution < -0.4 is 5.73 Å². The fourth-order valence-corrected chi connectivity index (χ4v) is 4.86. The van der Waals surface area contributed by atoms with Crippen LogP contribution in [-0.2, 0) is 0 Å². The lowest BCUT2D eigenvalue weighted by molar-refractivity contribution is 0.327. The van der Waals surface area contributed by atoms with E-state index >= 15 is 0 Å². The Morgan fingerprint density at radius 1 is 1.13 bits per heavy atom. The smallest absolute Gasteiger partial charge is 0.0204 e. The lowest BCUT2D eigenvalue weighted by Gasteiger charge is -2.34. The van der Waals surface area contributed by atoms with Gasteiger partial charge in [-0.3, -0.25) is 0 Å². The number of hydrogen-bond acceptors (Lipinski definition) is 2. The predicted octanol–water partition coefficient (Wildman–Crippen LogP) is 3.57. The fourth-order valence-electron chi connectivity index (χ4n) is 3.03. The van der Waals surface area contributed by atoms with Crippen LogP contribution in [-0.4, -0.2) is 16.5 Å². The van der Waals surface area contributed by atoms with E-state index < -0.39 is 0 Å². The summed E-state index contributed by atoms with van der Waals surface area (Å²) in [4.78, 5) is 0. The molecule has 2 fully saturated rings. The molecule has 2 N–H and O–H groups in total. The molecule has 88 valence electrons. The first-order valence-corrected chi connectivity index (χ1v) is 7.65. The second kappa shape index (κ2) is 5.58. The monoisotopic (exact) mass is 227 g/mol. The Bertz CT molecular complexity index is 189. The average molecular weight is 227 g/mol. The quantitative estimate of drug-likeness (QED) is 0.797. The third kappa shape index (κ3) is 3.13. The van der Waals surface area contributed by atoms with Crippen molar-refractivity contribution < 1.29 is 0 Å². The highest BCUT2D eigenvalue weighted by Crippen LogP contribution is 2.39. The van der Waals surface area contributed by atoms with Crippen molar-refractivity contribution in [2.24, 2.45) is 11.7 Å². The maximum absolute atomic E-state index is 6.25. The molecule has 2 aliphatic carbocycles. The fraction of sp³-hybridized carbons (Fsp3) is 1.00. The van der Waals surface area contributed by atoms with Gasteiger partial charge in [0.25, 0.3) is 0 Å². The molecule has 0 aromatic carbocycles. The van der Waals surface area contributed by atoms with Gasteiger partial charge in [-0.2, -0.15) is 11.8 Å². The molecule has 2 saturated carbocycles. The van der Waals surface area contributed by atoms with Gasteiger partial charge in [0.2, 0.25) is 0 Å². The van der Waals surface area contributed by atoms with E-state index in [4.69, 9.17) is 5.73 Å². The van der Waals surface area contributed by atoms with Gasteiger partial charge in [0.05, 0.1) is 0 Å². The maximum Gasteiger partial charge on any atom is 0.0204 e. The van der Waals surface area contributed by atoms with Gasteiger partial charge in [-0.05, 0) is 38.0 Å². The summed E-state index contributed by atoms with van der Waals surface area (Å²) in [5, 5.41) is 1.71. The topological polar surface area (TPSA) is 26.0 Å². The van der Waals surface area contributed by atoms with E-state index in [9.17, 15) is 0 Å². The van der Waals surface area contributed by atoms with E-state index in [0.29, 0.717) is 6.04 Å². The van der Waals surface area contributed by atoms with Crippen molar-refractivity contribution in [1.82, 2.24) is 0 Å². The molecular formula is C13H25NS. The molecule has 3 atom stereocenters. The lowest BCUT2D eigenvalue weighted by atomic mass is 9.84. The molecule has 3 unspecified atom stereocenters. The number of nitrogens with two attached hydrogens (primary N) is 1. The Balaban J connectivity index is 1.82. The Labute approximate surface area is 98.6 Å². The van der Waals surface area contributed by atoms with E-state index in [2.05, 4.69) is 18.7 Å². The van der Waals surface area contributed by atoms with Crippen molar-refractivity contribution in [3.63, 3.8) is 0 Å². The van der Waals surface area contributed by atoms with Gasteiger partial charge in [-0.15, -0.1) is 0 Å². The molecule has 0 aromatic rings. The van der Waals surface area contributed by atoms with Crippen LogP contribution in [0.25, 0.3) is 0 Å². The third-order valence-electron chi connectivity index (χ3n) is 4.20. The van der Waals surface area contributed by atoms with E-state index in [1.54, 1.807) is 0 Å².